The van der Waals surface area contributed by atoms with Crippen molar-refractivity contribution in [3.63, 3.8) is 0 Å². The van der Waals surface area contributed by atoms with Gasteiger partial charge in [-0.15, -0.1) is 0 Å². The van der Waals surface area contributed by atoms with Crippen LogP contribution in [0.25, 0.3) is 11.0 Å². The number of fused-ring (bicyclic) bond motifs is 1. The summed E-state index contributed by atoms with van der Waals surface area (Å²) in [4.78, 5) is 11.3. The molecule has 1 fully saturated rings. The molecule has 0 aliphatic heterocycles. The van der Waals surface area contributed by atoms with E-state index in [1.807, 2.05) is 36.9 Å². The molecule has 6 nitrogen and oxygen atoms in total. The average Bonchev–Trinajstić information content (AvgIpc) is 3.23. The summed E-state index contributed by atoms with van der Waals surface area (Å²) in [6.07, 6.45) is 7.81. The molecule has 0 amide bonds. The molecular weight excluding hydrogens is 428 g/mol. The van der Waals surface area contributed by atoms with Crippen molar-refractivity contribution in [2.24, 2.45) is 5.92 Å². The number of anilines is 1. The summed E-state index contributed by atoms with van der Waals surface area (Å²) in [7, 11) is -1.65. The molecule has 1 aliphatic rings. The van der Waals surface area contributed by atoms with Crippen molar-refractivity contribution >= 4 is 38.6 Å². The highest BCUT2D eigenvalue weighted by Crippen LogP contribution is 2.33. The lowest BCUT2D eigenvalue weighted by Crippen LogP contribution is -2.36. The number of hydrogen-bond donors (Lipinski definition) is 0. The van der Waals surface area contributed by atoms with Gasteiger partial charge in [-0.2, -0.15) is 11.8 Å². The van der Waals surface area contributed by atoms with Crippen LogP contribution in [-0.4, -0.2) is 47.0 Å². The Morgan fingerprint density at radius 1 is 1.10 bits per heavy atom. The first kappa shape index (κ1) is 22.1. The number of thioether (sulfide) groups is 1. The third kappa shape index (κ3) is 4.46. The Hall–Kier alpha value is -2.06. The van der Waals surface area contributed by atoms with Gasteiger partial charge in [-0.3, -0.25) is 0 Å². The van der Waals surface area contributed by atoms with Crippen LogP contribution in [0.1, 0.15) is 38.2 Å². The van der Waals surface area contributed by atoms with E-state index in [1.165, 1.54) is 34.6 Å². The fraction of sp³-hybridized carbons (Fsp3) is 0.478. The molecule has 0 atom stereocenters. The second-order valence-electron chi connectivity index (χ2n) is 8.31. The number of aromatic nitrogens is 3. The van der Waals surface area contributed by atoms with Crippen LogP contribution in [0.3, 0.4) is 0 Å². The number of aryl methyl sites for hydroxylation is 1. The van der Waals surface area contributed by atoms with E-state index >= 15 is 0 Å². The lowest BCUT2D eigenvalue weighted by molar-refractivity contribution is 0.344. The summed E-state index contributed by atoms with van der Waals surface area (Å²) < 4.78 is 27.7. The molecule has 0 unspecified atom stereocenters. The second kappa shape index (κ2) is 9.20. The van der Waals surface area contributed by atoms with Gasteiger partial charge in [0.05, 0.1) is 10.3 Å². The van der Waals surface area contributed by atoms with Crippen LogP contribution in [0.2, 0.25) is 0 Å². The van der Waals surface area contributed by atoms with E-state index in [2.05, 4.69) is 28.8 Å². The molecule has 1 saturated carbocycles. The number of nitrogens with zero attached hydrogens (tertiary/aromatic N) is 4. The van der Waals surface area contributed by atoms with Crippen molar-refractivity contribution in [2.75, 3.05) is 23.5 Å². The molecule has 4 rings (SSSR count). The topological polar surface area (TPSA) is 68.1 Å². The van der Waals surface area contributed by atoms with E-state index < -0.39 is 10.0 Å². The van der Waals surface area contributed by atoms with Gasteiger partial charge >= 0.3 is 0 Å². The summed E-state index contributed by atoms with van der Waals surface area (Å²) >= 11 is 2.03. The van der Waals surface area contributed by atoms with Crippen LogP contribution in [0.5, 0.6) is 0 Å². The van der Waals surface area contributed by atoms with Crippen LogP contribution >= 0.6 is 11.8 Å². The molecule has 0 radical (unpaired) electrons. The van der Waals surface area contributed by atoms with Crippen LogP contribution in [0.4, 0.5) is 5.82 Å². The van der Waals surface area contributed by atoms with Gasteiger partial charge in [-0.1, -0.05) is 24.6 Å². The van der Waals surface area contributed by atoms with Gasteiger partial charge in [0, 0.05) is 19.3 Å². The van der Waals surface area contributed by atoms with Crippen LogP contribution in [-0.2, 0) is 10.0 Å². The van der Waals surface area contributed by atoms with Gasteiger partial charge < -0.3 is 4.90 Å². The van der Waals surface area contributed by atoms with Crippen LogP contribution in [0.15, 0.2) is 47.8 Å². The lowest BCUT2D eigenvalue weighted by atomic mass is 9.86. The Kier molecular flexibility index (Phi) is 6.57. The maximum atomic E-state index is 13.2. The highest BCUT2D eigenvalue weighted by molar-refractivity contribution is 7.99. The zero-order valence-corrected chi connectivity index (χ0v) is 20.0. The molecule has 2 heterocycles. The predicted octanol–water partition coefficient (Wildman–Crippen LogP) is 4.72. The predicted molar refractivity (Wildman–Crippen MR) is 128 cm³/mol. The Balaban J connectivity index is 1.60. The van der Waals surface area contributed by atoms with Gasteiger partial charge in [-0.05, 0) is 68.2 Å². The number of hydrogen-bond acceptors (Lipinski definition) is 6. The molecule has 8 heteroatoms. The first-order valence-electron chi connectivity index (χ1n) is 10.9. The van der Waals surface area contributed by atoms with Crippen LogP contribution in [0, 0.1) is 12.8 Å². The van der Waals surface area contributed by atoms with E-state index in [4.69, 9.17) is 0 Å². The zero-order valence-electron chi connectivity index (χ0n) is 18.4. The van der Waals surface area contributed by atoms with Crippen molar-refractivity contribution in [1.29, 1.82) is 0 Å². The minimum Gasteiger partial charge on any atom is -0.356 e. The molecule has 1 aromatic carbocycles. The van der Waals surface area contributed by atoms with Crippen molar-refractivity contribution in [1.82, 2.24) is 13.9 Å². The first-order valence-corrected chi connectivity index (χ1v) is 13.5. The van der Waals surface area contributed by atoms with Crippen LogP contribution < -0.4 is 4.90 Å². The quantitative estimate of drug-likeness (QED) is 0.510. The van der Waals surface area contributed by atoms with E-state index in [1.54, 1.807) is 18.3 Å². The lowest BCUT2D eigenvalue weighted by Gasteiger charge is -2.35. The highest BCUT2D eigenvalue weighted by atomic mass is 32.2. The maximum Gasteiger partial charge on any atom is 0.269 e. The molecule has 166 valence electrons. The van der Waals surface area contributed by atoms with E-state index in [0.29, 0.717) is 11.7 Å². The Morgan fingerprint density at radius 2 is 1.81 bits per heavy atom. The molecule has 0 bridgehead atoms. The molecular formula is C23H30N4O2S2. The third-order valence-electron chi connectivity index (χ3n) is 6.26. The van der Waals surface area contributed by atoms with Crippen molar-refractivity contribution in [2.45, 2.75) is 50.5 Å². The number of benzene rings is 1. The van der Waals surface area contributed by atoms with Gasteiger partial charge in [0.15, 0.2) is 5.65 Å². The number of rotatable bonds is 7. The van der Waals surface area contributed by atoms with Gasteiger partial charge in [0.1, 0.15) is 12.1 Å². The van der Waals surface area contributed by atoms with Crippen molar-refractivity contribution < 1.29 is 8.42 Å². The third-order valence-corrected chi connectivity index (χ3v) is 9.06. The normalized spacial score (nSPS) is 19.6. The van der Waals surface area contributed by atoms with Crippen molar-refractivity contribution in [3.05, 3.63) is 48.4 Å². The van der Waals surface area contributed by atoms with Gasteiger partial charge in [0.2, 0.25) is 0 Å². The Morgan fingerprint density at radius 3 is 2.48 bits per heavy atom. The van der Waals surface area contributed by atoms with E-state index in [0.717, 1.165) is 35.5 Å². The van der Waals surface area contributed by atoms with Crippen molar-refractivity contribution in [3.8, 4) is 0 Å². The Bertz CT molecular complexity index is 1130. The first-order chi connectivity index (χ1) is 14.9. The summed E-state index contributed by atoms with van der Waals surface area (Å²) in [5.41, 5.74) is 1.44. The molecule has 0 saturated heterocycles. The van der Waals surface area contributed by atoms with E-state index in [9.17, 15) is 8.42 Å². The molecule has 2 aromatic heterocycles. The maximum absolute atomic E-state index is 13.2. The molecule has 31 heavy (non-hydrogen) atoms. The average molecular weight is 459 g/mol. The monoisotopic (exact) mass is 458 g/mol. The summed E-state index contributed by atoms with van der Waals surface area (Å²) in [6, 6.07) is 9.12. The fourth-order valence-corrected chi connectivity index (χ4v) is 6.57. The smallest absolute Gasteiger partial charge is 0.269 e. The standard InChI is InChI=1S/C23H30N4O2S2/c1-4-30-15-18-7-9-19(10-8-18)26(3)22-21-13-14-27(23(21)25-16-24-22)31(28,29)20-11-5-17(2)6-12-20/h5-6,11-14,16,18-19H,4,7-10,15H2,1-3H3. The summed E-state index contributed by atoms with van der Waals surface area (Å²) in [5.74, 6) is 4.04. The molecule has 0 spiro atoms. The van der Waals surface area contributed by atoms with Gasteiger partial charge in [-0.25, -0.2) is 22.4 Å². The highest BCUT2D eigenvalue weighted by Gasteiger charge is 2.27. The zero-order chi connectivity index (χ0) is 22.0. The molecule has 3 aromatic rings. The van der Waals surface area contributed by atoms with Gasteiger partial charge in [0.25, 0.3) is 10.0 Å². The van der Waals surface area contributed by atoms with E-state index in [-0.39, 0.29) is 4.90 Å². The summed E-state index contributed by atoms with van der Waals surface area (Å²) in [6.45, 7) is 4.16. The Labute approximate surface area is 189 Å². The minimum atomic E-state index is -3.72. The minimum absolute atomic E-state index is 0.257. The largest absolute Gasteiger partial charge is 0.356 e. The molecule has 1 aliphatic carbocycles. The SMILES string of the molecule is CCSCC1CCC(N(C)c2ncnc3c2ccn3S(=O)(=O)c2ccc(C)cc2)CC1. The summed E-state index contributed by atoms with van der Waals surface area (Å²) in [5, 5.41) is 0.768. The molecule has 0 N–H and O–H groups in total. The second-order valence-corrected chi connectivity index (χ2v) is 11.4. The fourth-order valence-electron chi connectivity index (χ4n) is 4.37.